The number of aromatic nitrogens is 1. The summed E-state index contributed by atoms with van der Waals surface area (Å²) >= 11 is 0. The molecule has 2 aliphatic heterocycles. The molecule has 1 saturated heterocycles. The van der Waals surface area contributed by atoms with Crippen LogP contribution in [-0.2, 0) is 20.7 Å². The third-order valence-electron chi connectivity index (χ3n) is 5.98. The molecule has 150 valence electrons. The van der Waals surface area contributed by atoms with Gasteiger partial charge in [-0.3, -0.25) is 9.59 Å². The summed E-state index contributed by atoms with van der Waals surface area (Å²) in [5.41, 5.74) is 3.31. The highest BCUT2D eigenvalue weighted by molar-refractivity contribution is 5.97. The summed E-state index contributed by atoms with van der Waals surface area (Å²) in [7, 11) is 0. The number of piperazine rings is 1. The van der Waals surface area contributed by atoms with Crippen molar-refractivity contribution >= 4 is 22.7 Å². The number of ether oxygens (including phenoxy) is 1. The van der Waals surface area contributed by atoms with E-state index in [0.29, 0.717) is 19.6 Å². The Balaban J connectivity index is 1.49. The molecule has 2 aliphatic rings. The first-order valence-electron chi connectivity index (χ1n) is 10.4. The van der Waals surface area contributed by atoms with Gasteiger partial charge in [0, 0.05) is 42.8 Å². The summed E-state index contributed by atoms with van der Waals surface area (Å²) in [6, 6.07) is 7.65. The van der Waals surface area contributed by atoms with E-state index in [1.54, 1.807) is 9.80 Å². The molecule has 1 unspecified atom stereocenters. The number of benzene rings is 1. The van der Waals surface area contributed by atoms with Gasteiger partial charge in [-0.05, 0) is 31.4 Å². The van der Waals surface area contributed by atoms with Crippen LogP contribution in [0.25, 0.3) is 10.9 Å². The third kappa shape index (κ3) is 3.30. The van der Waals surface area contributed by atoms with Crippen LogP contribution in [0.4, 0.5) is 0 Å². The van der Waals surface area contributed by atoms with Crippen LogP contribution in [0.3, 0.4) is 0 Å². The fourth-order valence-electron chi connectivity index (χ4n) is 4.52. The van der Waals surface area contributed by atoms with E-state index in [0.717, 1.165) is 42.5 Å². The van der Waals surface area contributed by atoms with E-state index < -0.39 is 6.04 Å². The van der Waals surface area contributed by atoms with Crippen molar-refractivity contribution in [2.45, 2.75) is 51.6 Å². The van der Waals surface area contributed by atoms with Gasteiger partial charge >= 0.3 is 0 Å². The molecule has 2 amide bonds. The van der Waals surface area contributed by atoms with Crippen molar-refractivity contribution < 1.29 is 14.3 Å². The average molecular weight is 383 g/mol. The second kappa shape index (κ2) is 7.95. The van der Waals surface area contributed by atoms with Crippen molar-refractivity contribution in [1.82, 2.24) is 14.8 Å². The number of unbranched alkanes of at least 4 members (excludes halogenated alkanes) is 1. The number of hydrogen-bond acceptors (Lipinski definition) is 3. The van der Waals surface area contributed by atoms with Crippen LogP contribution < -0.4 is 0 Å². The third-order valence-corrected chi connectivity index (χ3v) is 5.98. The lowest BCUT2D eigenvalue weighted by molar-refractivity contribution is -0.159. The van der Waals surface area contributed by atoms with Gasteiger partial charge in [-0.25, -0.2) is 0 Å². The van der Waals surface area contributed by atoms with Crippen LogP contribution in [-0.4, -0.2) is 58.9 Å². The lowest BCUT2D eigenvalue weighted by Gasteiger charge is -2.46. The van der Waals surface area contributed by atoms with Crippen LogP contribution in [0.15, 0.2) is 24.3 Å². The van der Waals surface area contributed by atoms with Crippen LogP contribution in [0.1, 0.15) is 50.4 Å². The molecule has 0 bridgehead atoms. The van der Waals surface area contributed by atoms with Crippen LogP contribution in [0, 0.1) is 0 Å². The summed E-state index contributed by atoms with van der Waals surface area (Å²) in [6.07, 6.45) is 3.52. The number of rotatable bonds is 7. The number of H-pyrrole nitrogens is 1. The number of carbonyl (C=O) groups excluding carboxylic acids is 2. The monoisotopic (exact) mass is 383 g/mol. The Labute approximate surface area is 165 Å². The van der Waals surface area contributed by atoms with Crippen molar-refractivity contribution in [2.24, 2.45) is 0 Å². The number of fused-ring (bicyclic) bond motifs is 4. The zero-order chi connectivity index (χ0) is 19.7. The van der Waals surface area contributed by atoms with Crippen molar-refractivity contribution in [3.63, 3.8) is 0 Å². The summed E-state index contributed by atoms with van der Waals surface area (Å²) in [5.74, 6) is 0.101. The van der Waals surface area contributed by atoms with Crippen LogP contribution in [0.5, 0.6) is 0 Å². The molecular formula is C22H29N3O3. The topological polar surface area (TPSA) is 65.6 Å². The van der Waals surface area contributed by atoms with Gasteiger partial charge in [-0.15, -0.1) is 0 Å². The molecular weight excluding hydrogens is 354 g/mol. The highest BCUT2D eigenvalue weighted by Gasteiger charge is 2.45. The zero-order valence-electron chi connectivity index (χ0n) is 16.7. The molecule has 6 heteroatoms. The van der Waals surface area contributed by atoms with E-state index >= 15 is 0 Å². The van der Waals surface area contributed by atoms with Gasteiger partial charge in [-0.2, -0.15) is 0 Å². The number of aromatic amines is 1. The average Bonchev–Trinajstić information content (AvgIpc) is 3.07. The molecule has 1 fully saturated rings. The Morgan fingerprint density at radius 1 is 1.18 bits per heavy atom. The molecule has 1 aromatic carbocycles. The molecule has 0 saturated carbocycles. The molecule has 2 aromatic rings. The lowest BCUT2D eigenvalue weighted by atomic mass is 9.90. The summed E-state index contributed by atoms with van der Waals surface area (Å²) in [5, 5.41) is 1.16. The van der Waals surface area contributed by atoms with E-state index in [2.05, 4.69) is 18.0 Å². The highest BCUT2D eigenvalue weighted by atomic mass is 16.5. The summed E-state index contributed by atoms with van der Waals surface area (Å²) in [6.45, 7) is 6.30. The van der Waals surface area contributed by atoms with Gasteiger partial charge in [0.1, 0.15) is 6.04 Å². The first-order chi connectivity index (χ1) is 13.6. The van der Waals surface area contributed by atoms with Crippen molar-refractivity contribution in [2.75, 3.05) is 26.3 Å². The van der Waals surface area contributed by atoms with Gasteiger partial charge in [0.2, 0.25) is 11.8 Å². The maximum Gasteiger partial charge on any atom is 0.246 e. The van der Waals surface area contributed by atoms with Crippen LogP contribution >= 0.6 is 0 Å². The molecule has 1 N–H and O–H groups in total. The number of nitrogens with zero attached hydrogens (tertiary/aromatic N) is 2. The van der Waals surface area contributed by atoms with Gasteiger partial charge in [0.25, 0.3) is 0 Å². The second-order valence-corrected chi connectivity index (χ2v) is 7.84. The summed E-state index contributed by atoms with van der Waals surface area (Å²) < 4.78 is 5.60. The predicted octanol–water partition coefficient (Wildman–Crippen LogP) is 3.03. The van der Waals surface area contributed by atoms with Gasteiger partial charge < -0.3 is 19.5 Å². The molecule has 0 aliphatic carbocycles. The molecule has 3 heterocycles. The predicted molar refractivity (Wildman–Crippen MR) is 108 cm³/mol. The van der Waals surface area contributed by atoms with E-state index in [-0.39, 0.29) is 24.4 Å². The molecule has 1 aromatic heterocycles. The largest absolute Gasteiger partial charge is 0.381 e. The van der Waals surface area contributed by atoms with Crippen LogP contribution in [0.2, 0.25) is 0 Å². The minimum atomic E-state index is -0.399. The zero-order valence-corrected chi connectivity index (χ0v) is 16.7. The van der Waals surface area contributed by atoms with Crippen molar-refractivity contribution in [3.05, 3.63) is 35.5 Å². The van der Waals surface area contributed by atoms with E-state index in [4.69, 9.17) is 4.74 Å². The van der Waals surface area contributed by atoms with Crippen molar-refractivity contribution in [1.29, 1.82) is 0 Å². The molecule has 4 rings (SSSR count). The fraction of sp³-hybridized carbons (Fsp3) is 0.545. The molecule has 0 spiro atoms. The Morgan fingerprint density at radius 2 is 1.96 bits per heavy atom. The standard InChI is InChI=1S/C22H29N3O3/c1-3-4-11-28-12-7-10-24-14-20(26)25-15(2)21-17(13-19(25)22(24)27)16-8-5-6-9-18(16)23-21/h5-6,8-9,15,19,23H,3-4,7,10-14H2,1-2H3/t15?,19-/m0/s1. The molecule has 28 heavy (non-hydrogen) atoms. The maximum absolute atomic E-state index is 13.2. The number of hydrogen-bond donors (Lipinski definition) is 1. The Kier molecular flexibility index (Phi) is 5.40. The summed E-state index contributed by atoms with van der Waals surface area (Å²) in [4.78, 5) is 33.0. The number of amides is 2. The highest BCUT2D eigenvalue weighted by Crippen LogP contribution is 2.38. The van der Waals surface area contributed by atoms with E-state index in [9.17, 15) is 9.59 Å². The Morgan fingerprint density at radius 3 is 2.79 bits per heavy atom. The Bertz CT molecular complexity index is 875. The normalized spacial score (nSPS) is 21.9. The maximum atomic E-state index is 13.2. The SMILES string of the molecule is CCCCOCCCN1CC(=O)N2C(C)c3[nH]c4ccccc4c3C[C@H]2C1=O. The first-order valence-corrected chi connectivity index (χ1v) is 10.4. The Hall–Kier alpha value is -2.34. The van der Waals surface area contributed by atoms with E-state index in [1.165, 1.54) is 5.56 Å². The smallest absolute Gasteiger partial charge is 0.246 e. The van der Waals surface area contributed by atoms with Gasteiger partial charge in [-0.1, -0.05) is 31.5 Å². The molecule has 2 atom stereocenters. The molecule has 6 nitrogen and oxygen atoms in total. The van der Waals surface area contributed by atoms with Gasteiger partial charge in [0.05, 0.1) is 12.6 Å². The van der Waals surface area contributed by atoms with E-state index in [1.807, 2.05) is 25.1 Å². The number of carbonyl (C=O) groups is 2. The van der Waals surface area contributed by atoms with Gasteiger partial charge in [0.15, 0.2) is 0 Å². The quantitative estimate of drug-likeness (QED) is 0.748. The van der Waals surface area contributed by atoms with Crippen molar-refractivity contribution in [3.8, 4) is 0 Å². The first kappa shape index (κ1) is 19.0. The number of nitrogens with one attached hydrogen (secondary N) is 1. The molecule has 0 radical (unpaired) electrons. The lowest BCUT2D eigenvalue weighted by Crippen LogP contribution is -2.62. The minimum Gasteiger partial charge on any atom is -0.381 e. The minimum absolute atomic E-state index is 0.0355. The second-order valence-electron chi connectivity index (χ2n) is 7.84. The fourth-order valence-corrected chi connectivity index (χ4v) is 4.52. The number of para-hydroxylation sites is 1.